The van der Waals surface area contributed by atoms with Crippen molar-refractivity contribution >= 4 is 34.7 Å². The molecular formula is C20H20N2O4S. The molecule has 0 radical (unpaired) electrons. The highest BCUT2D eigenvalue weighted by Gasteiger charge is 2.34. The molecule has 6 nitrogen and oxygen atoms in total. The molecule has 1 aliphatic rings. The van der Waals surface area contributed by atoms with Crippen molar-refractivity contribution in [2.24, 2.45) is 0 Å². The van der Waals surface area contributed by atoms with E-state index >= 15 is 0 Å². The molecule has 0 aromatic heterocycles. The molecule has 0 bridgehead atoms. The van der Waals surface area contributed by atoms with Crippen molar-refractivity contribution < 1.29 is 19.1 Å². The molecule has 0 aliphatic carbocycles. The minimum Gasteiger partial charge on any atom is -0.497 e. The number of anilines is 1. The number of carbonyl (C=O) groups is 2. The summed E-state index contributed by atoms with van der Waals surface area (Å²) in [7, 11) is 1.60. The number of rotatable bonds is 7. The van der Waals surface area contributed by atoms with Gasteiger partial charge in [-0.25, -0.2) is 0 Å². The summed E-state index contributed by atoms with van der Waals surface area (Å²) in [6.45, 7) is 2.63. The second-order valence-corrected chi connectivity index (χ2v) is 6.67. The van der Waals surface area contributed by atoms with E-state index in [0.717, 1.165) is 34.5 Å². The van der Waals surface area contributed by atoms with Crippen LogP contribution in [0.25, 0.3) is 6.08 Å². The molecule has 1 saturated heterocycles. The van der Waals surface area contributed by atoms with E-state index in [-0.39, 0.29) is 17.8 Å². The van der Waals surface area contributed by atoms with Crippen LogP contribution in [0, 0.1) is 0 Å². The molecule has 7 heteroatoms. The van der Waals surface area contributed by atoms with Gasteiger partial charge in [-0.3, -0.25) is 14.5 Å². The molecule has 2 amide bonds. The molecule has 140 valence electrons. The van der Waals surface area contributed by atoms with Crippen LogP contribution in [-0.4, -0.2) is 36.4 Å². The van der Waals surface area contributed by atoms with Crippen LogP contribution in [0.15, 0.2) is 53.4 Å². The molecule has 0 unspecified atom stereocenters. The van der Waals surface area contributed by atoms with E-state index in [1.54, 1.807) is 13.2 Å². The van der Waals surface area contributed by atoms with Crippen molar-refractivity contribution in [2.75, 3.05) is 25.7 Å². The molecule has 0 saturated carbocycles. The Labute approximate surface area is 162 Å². The Hall–Kier alpha value is -2.93. The number of hydrogen-bond acceptors (Lipinski definition) is 6. The Bertz CT molecular complexity index is 847. The van der Waals surface area contributed by atoms with Crippen LogP contribution in [0.1, 0.15) is 12.5 Å². The van der Waals surface area contributed by atoms with Crippen molar-refractivity contribution in [3.63, 3.8) is 0 Å². The van der Waals surface area contributed by atoms with Crippen LogP contribution >= 0.6 is 11.8 Å². The fourth-order valence-corrected chi connectivity index (χ4v) is 3.33. The normalized spacial score (nSPS) is 15.3. The number of carbonyl (C=O) groups excluding carboxylic acids is 2. The minimum absolute atomic E-state index is 0.109. The van der Waals surface area contributed by atoms with Crippen LogP contribution < -0.4 is 14.8 Å². The Morgan fingerprint density at radius 1 is 1.04 bits per heavy atom. The summed E-state index contributed by atoms with van der Waals surface area (Å²) in [6, 6.07) is 14.7. The number of imide groups is 1. The quantitative estimate of drug-likeness (QED) is 0.722. The number of amides is 2. The maximum Gasteiger partial charge on any atom is 0.295 e. The molecule has 0 spiro atoms. The van der Waals surface area contributed by atoms with Gasteiger partial charge in [0.1, 0.15) is 11.5 Å². The van der Waals surface area contributed by atoms with E-state index in [1.165, 1.54) is 4.90 Å². The van der Waals surface area contributed by atoms with Gasteiger partial charge >= 0.3 is 0 Å². The Balaban J connectivity index is 1.64. The molecule has 27 heavy (non-hydrogen) atoms. The number of nitrogens with zero attached hydrogens (tertiary/aromatic N) is 1. The summed E-state index contributed by atoms with van der Waals surface area (Å²) in [5.74, 6) is 1.20. The van der Waals surface area contributed by atoms with Crippen LogP contribution in [-0.2, 0) is 4.79 Å². The fraction of sp³-hybridized carbons (Fsp3) is 0.200. The molecule has 1 fully saturated rings. The number of hydrogen-bond donors (Lipinski definition) is 1. The van der Waals surface area contributed by atoms with Crippen molar-refractivity contribution in [2.45, 2.75) is 6.92 Å². The monoisotopic (exact) mass is 384 g/mol. The van der Waals surface area contributed by atoms with E-state index in [4.69, 9.17) is 9.47 Å². The van der Waals surface area contributed by atoms with E-state index in [0.29, 0.717) is 11.5 Å². The van der Waals surface area contributed by atoms with Gasteiger partial charge in [0.25, 0.3) is 11.1 Å². The fourth-order valence-electron chi connectivity index (χ4n) is 2.49. The van der Waals surface area contributed by atoms with Gasteiger partial charge in [-0.15, -0.1) is 0 Å². The smallest absolute Gasteiger partial charge is 0.295 e. The van der Waals surface area contributed by atoms with Gasteiger partial charge in [0, 0.05) is 5.69 Å². The molecule has 3 rings (SSSR count). The van der Waals surface area contributed by atoms with Gasteiger partial charge in [0.2, 0.25) is 0 Å². The van der Waals surface area contributed by atoms with Crippen molar-refractivity contribution in [1.82, 2.24) is 4.90 Å². The molecule has 1 heterocycles. The Kier molecular flexibility index (Phi) is 6.03. The minimum atomic E-state index is -0.306. The van der Waals surface area contributed by atoms with E-state index in [1.807, 2.05) is 55.5 Å². The highest BCUT2D eigenvalue weighted by atomic mass is 32.2. The third kappa shape index (κ3) is 4.62. The molecule has 2 aromatic carbocycles. The summed E-state index contributed by atoms with van der Waals surface area (Å²) in [5, 5.41) is 2.78. The average molecular weight is 384 g/mol. The predicted molar refractivity (Wildman–Crippen MR) is 107 cm³/mol. The average Bonchev–Trinajstić information content (AvgIpc) is 2.95. The molecule has 2 aromatic rings. The molecular weight excluding hydrogens is 364 g/mol. The number of benzene rings is 2. The van der Waals surface area contributed by atoms with Gasteiger partial charge in [-0.1, -0.05) is 12.1 Å². The van der Waals surface area contributed by atoms with E-state index < -0.39 is 0 Å². The lowest BCUT2D eigenvalue weighted by Gasteiger charge is -2.14. The number of ether oxygens (including phenoxy) is 2. The zero-order valence-electron chi connectivity index (χ0n) is 15.1. The summed E-state index contributed by atoms with van der Waals surface area (Å²) >= 11 is 0.940. The van der Waals surface area contributed by atoms with Gasteiger partial charge in [0.15, 0.2) is 0 Å². The van der Waals surface area contributed by atoms with Crippen LogP contribution in [0.5, 0.6) is 11.5 Å². The van der Waals surface area contributed by atoms with Crippen LogP contribution in [0.4, 0.5) is 10.5 Å². The number of thioether (sulfide) groups is 1. The van der Waals surface area contributed by atoms with E-state index in [2.05, 4.69) is 5.32 Å². The second kappa shape index (κ2) is 8.64. The highest BCUT2D eigenvalue weighted by molar-refractivity contribution is 8.18. The zero-order chi connectivity index (χ0) is 19.2. The highest BCUT2D eigenvalue weighted by Crippen LogP contribution is 2.32. The Morgan fingerprint density at radius 2 is 1.70 bits per heavy atom. The van der Waals surface area contributed by atoms with Crippen LogP contribution in [0.2, 0.25) is 0 Å². The molecule has 1 N–H and O–H groups in total. The summed E-state index contributed by atoms with van der Waals surface area (Å²) in [4.78, 5) is 26.3. The topological polar surface area (TPSA) is 67.9 Å². The lowest BCUT2D eigenvalue weighted by molar-refractivity contribution is -0.122. The first-order valence-corrected chi connectivity index (χ1v) is 9.28. The third-order valence-electron chi connectivity index (χ3n) is 3.89. The number of methoxy groups -OCH3 is 1. The zero-order valence-corrected chi connectivity index (χ0v) is 15.9. The van der Waals surface area contributed by atoms with Crippen molar-refractivity contribution in [3.05, 3.63) is 59.0 Å². The maximum atomic E-state index is 12.5. The Morgan fingerprint density at radius 3 is 2.33 bits per heavy atom. The first kappa shape index (κ1) is 18.8. The standard InChI is InChI=1S/C20H20N2O4S/c1-3-26-17-8-4-14(5-9-17)12-18-19(23)22(20(24)27-18)13-21-15-6-10-16(25-2)11-7-15/h4-12,21H,3,13H2,1-2H3/b18-12-. The van der Waals surface area contributed by atoms with Gasteiger partial charge in [0.05, 0.1) is 25.3 Å². The van der Waals surface area contributed by atoms with Crippen LogP contribution in [0.3, 0.4) is 0 Å². The summed E-state index contributed by atoms with van der Waals surface area (Å²) in [5.41, 5.74) is 1.64. The first-order valence-electron chi connectivity index (χ1n) is 8.47. The van der Waals surface area contributed by atoms with Gasteiger partial charge in [-0.05, 0) is 66.7 Å². The molecule has 1 aliphatic heterocycles. The van der Waals surface area contributed by atoms with Gasteiger partial charge < -0.3 is 14.8 Å². The largest absolute Gasteiger partial charge is 0.497 e. The maximum absolute atomic E-state index is 12.5. The van der Waals surface area contributed by atoms with Crippen molar-refractivity contribution in [3.8, 4) is 11.5 Å². The van der Waals surface area contributed by atoms with Crippen molar-refractivity contribution in [1.29, 1.82) is 0 Å². The summed E-state index contributed by atoms with van der Waals surface area (Å²) < 4.78 is 10.5. The predicted octanol–water partition coefficient (Wildman–Crippen LogP) is 4.20. The number of nitrogens with one attached hydrogen (secondary N) is 1. The third-order valence-corrected chi connectivity index (χ3v) is 4.80. The van der Waals surface area contributed by atoms with Gasteiger partial charge in [-0.2, -0.15) is 0 Å². The SMILES string of the molecule is CCOc1ccc(/C=C2\SC(=O)N(CNc3ccc(OC)cc3)C2=O)cc1. The molecule has 0 atom stereocenters. The van der Waals surface area contributed by atoms with E-state index in [9.17, 15) is 9.59 Å². The summed E-state index contributed by atoms with van der Waals surface area (Å²) in [6.07, 6.45) is 1.72. The lowest BCUT2D eigenvalue weighted by atomic mass is 10.2. The second-order valence-electron chi connectivity index (χ2n) is 5.68. The lowest BCUT2D eigenvalue weighted by Crippen LogP contribution is -2.33. The first-order chi connectivity index (χ1) is 13.1.